The molecule has 0 saturated heterocycles. The highest BCUT2D eigenvalue weighted by Gasteiger charge is 2.19. The van der Waals surface area contributed by atoms with Gasteiger partial charge in [-0.1, -0.05) is 23.7 Å². The monoisotopic (exact) mass is 475 g/mol. The van der Waals surface area contributed by atoms with Crippen LogP contribution in [0.2, 0.25) is 5.02 Å². The van der Waals surface area contributed by atoms with Crippen molar-refractivity contribution in [2.75, 3.05) is 5.32 Å². The number of carbonyl (C=O) groups is 2. The van der Waals surface area contributed by atoms with E-state index in [1.54, 1.807) is 0 Å². The molecule has 0 heterocycles. The third-order valence-corrected chi connectivity index (χ3v) is 4.55. The molecule has 3 aromatic rings. The van der Waals surface area contributed by atoms with Crippen molar-refractivity contribution in [3.8, 4) is 0 Å². The predicted octanol–water partition coefficient (Wildman–Crippen LogP) is 5.08. The fourth-order valence-electron chi connectivity index (χ4n) is 2.70. The number of nitrogens with one attached hydrogen (secondary N) is 2. The molecule has 0 aliphatic rings. The average molecular weight is 476 g/mol. The lowest BCUT2D eigenvalue weighted by Gasteiger charge is -2.12. The average Bonchev–Trinajstić information content (AvgIpc) is 2.75. The number of benzene rings is 3. The summed E-state index contributed by atoms with van der Waals surface area (Å²) in [6.07, 6.45) is 1.11. The van der Waals surface area contributed by atoms with Gasteiger partial charge in [-0.2, -0.15) is 0 Å². The first kappa shape index (κ1) is 23.5. The standard InChI is InChI=1S/C22H13ClF3N3O4/c23-17-10-13(24)4-6-16(17)21(30)28-20(9-12-2-1-3-15(8-12)29(32)33)22(31)27-19-7-5-14(25)11-18(19)26/h1-11H,(H,27,31)(H,28,30)/b20-9-. The number of rotatable bonds is 6. The smallest absolute Gasteiger partial charge is 0.272 e. The summed E-state index contributed by atoms with van der Waals surface area (Å²) in [5.74, 6) is -4.53. The number of anilines is 1. The Bertz CT molecular complexity index is 1300. The number of nitrogens with zero attached hydrogens (tertiary/aromatic N) is 1. The van der Waals surface area contributed by atoms with E-state index in [1.165, 1.54) is 18.2 Å². The highest BCUT2D eigenvalue weighted by molar-refractivity contribution is 6.34. The van der Waals surface area contributed by atoms with Crippen molar-refractivity contribution in [3.63, 3.8) is 0 Å². The summed E-state index contributed by atoms with van der Waals surface area (Å²) in [4.78, 5) is 35.8. The molecule has 3 aromatic carbocycles. The van der Waals surface area contributed by atoms with Gasteiger partial charge in [0, 0.05) is 18.2 Å². The third-order valence-electron chi connectivity index (χ3n) is 4.24. The lowest BCUT2D eigenvalue weighted by atomic mass is 10.1. The van der Waals surface area contributed by atoms with E-state index in [-0.39, 0.29) is 27.5 Å². The molecule has 0 aliphatic carbocycles. The van der Waals surface area contributed by atoms with Gasteiger partial charge in [0.2, 0.25) is 0 Å². The van der Waals surface area contributed by atoms with Gasteiger partial charge in [0.1, 0.15) is 23.1 Å². The molecule has 0 radical (unpaired) electrons. The van der Waals surface area contributed by atoms with Crippen molar-refractivity contribution in [3.05, 3.63) is 110 Å². The Morgan fingerprint density at radius 2 is 1.67 bits per heavy atom. The number of halogens is 4. The number of nitro benzene ring substituents is 1. The number of hydrogen-bond acceptors (Lipinski definition) is 4. The van der Waals surface area contributed by atoms with Crippen LogP contribution < -0.4 is 10.6 Å². The molecule has 33 heavy (non-hydrogen) atoms. The molecule has 0 spiro atoms. The second kappa shape index (κ2) is 9.96. The van der Waals surface area contributed by atoms with Crippen molar-refractivity contribution in [1.29, 1.82) is 0 Å². The zero-order chi connectivity index (χ0) is 24.1. The molecule has 0 fully saturated rings. The van der Waals surface area contributed by atoms with Gasteiger partial charge in [0.15, 0.2) is 0 Å². The summed E-state index contributed by atoms with van der Waals surface area (Å²) in [5, 5.41) is 15.3. The van der Waals surface area contributed by atoms with Crippen molar-refractivity contribution in [2.24, 2.45) is 0 Å². The highest BCUT2D eigenvalue weighted by atomic mass is 35.5. The van der Waals surface area contributed by atoms with Gasteiger partial charge < -0.3 is 10.6 Å². The van der Waals surface area contributed by atoms with Crippen LogP contribution in [0.25, 0.3) is 6.08 Å². The van der Waals surface area contributed by atoms with Gasteiger partial charge in [-0.15, -0.1) is 0 Å². The molecule has 2 amide bonds. The number of carbonyl (C=O) groups excluding carboxylic acids is 2. The first-order valence-corrected chi connectivity index (χ1v) is 9.51. The van der Waals surface area contributed by atoms with Gasteiger partial charge >= 0.3 is 0 Å². The minimum Gasteiger partial charge on any atom is -0.318 e. The Hall–Kier alpha value is -4.18. The second-order valence-electron chi connectivity index (χ2n) is 6.57. The first-order chi connectivity index (χ1) is 15.6. The molecule has 11 heteroatoms. The maximum atomic E-state index is 14.0. The maximum Gasteiger partial charge on any atom is 0.272 e. The molecular formula is C22H13ClF3N3O4. The predicted molar refractivity (Wildman–Crippen MR) is 115 cm³/mol. The molecule has 3 rings (SSSR count). The third kappa shape index (κ3) is 5.95. The molecule has 0 unspecified atom stereocenters. The van der Waals surface area contributed by atoms with Crippen molar-refractivity contribution >= 4 is 40.9 Å². The molecule has 0 saturated carbocycles. The van der Waals surface area contributed by atoms with Crippen LogP contribution in [0.5, 0.6) is 0 Å². The van der Waals surface area contributed by atoms with Crippen LogP contribution in [0.1, 0.15) is 15.9 Å². The van der Waals surface area contributed by atoms with E-state index in [0.717, 1.165) is 42.5 Å². The van der Waals surface area contributed by atoms with Crippen LogP contribution in [0, 0.1) is 27.6 Å². The highest BCUT2D eigenvalue weighted by Crippen LogP contribution is 2.20. The summed E-state index contributed by atoms with van der Waals surface area (Å²) < 4.78 is 40.4. The van der Waals surface area contributed by atoms with Gasteiger partial charge in [-0.05, 0) is 42.0 Å². The quantitative estimate of drug-likeness (QED) is 0.295. The molecular weight excluding hydrogens is 463 g/mol. The van der Waals surface area contributed by atoms with E-state index < -0.39 is 39.9 Å². The maximum absolute atomic E-state index is 14.0. The summed E-state index contributed by atoms with van der Waals surface area (Å²) in [6, 6.07) is 10.6. The minimum atomic E-state index is -1.06. The first-order valence-electron chi connectivity index (χ1n) is 9.13. The Balaban J connectivity index is 1.98. The summed E-state index contributed by atoms with van der Waals surface area (Å²) in [6.45, 7) is 0. The van der Waals surface area contributed by atoms with Gasteiger partial charge in [0.05, 0.1) is 21.2 Å². The fraction of sp³-hybridized carbons (Fsp3) is 0. The Morgan fingerprint density at radius 3 is 2.33 bits per heavy atom. The Kier molecular flexibility index (Phi) is 7.09. The van der Waals surface area contributed by atoms with Crippen LogP contribution in [-0.2, 0) is 4.79 Å². The SMILES string of the molecule is O=C(Nc1ccc(F)cc1F)/C(=C/c1cccc([N+](=O)[O-])c1)NC(=O)c1ccc(F)cc1Cl. The Labute approximate surface area is 189 Å². The van der Waals surface area contributed by atoms with Crippen molar-refractivity contribution < 1.29 is 27.7 Å². The van der Waals surface area contributed by atoms with E-state index in [1.807, 2.05) is 0 Å². The number of amides is 2. The zero-order valence-corrected chi connectivity index (χ0v) is 17.2. The van der Waals surface area contributed by atoms with Gasteiger partial charge in [-0.3, -0.25) is 19.7 Å². The van der Waals surface area contributed by atoms with Gasteiger partial charge in [0.25, 0.3) is 17.5 Å². The van der Waals surface area contributed by atoms with Gasteiger partial charge in [-0.25, -0.2) is 13.2 Å². The molecule has 0 aliphatic heterocycles. The van der Waals surface area contributed by atoms with E-state index in [0.29, 0.717) is 6.07 Å². The largest absolute Gasteiger partial charge is 0.318 e. The summed E-state index contributed by atoms with van der Waals surface area (Å²) in [5.41, 5.74) is -1.09. The Morgan fingerprint density at radius 1 is 0.970 bits per heavy atom. The van der Waals surface area contributed by atoms with Crippen LogP contribution in [0.15, 0.2) is 66.4 Å². The van der Waals surface area contributed by atoms with Crippen LogP contribution in [0.3, 0.4) is 0 Å². The number of hydrogen-bond donors (Lipinski definition) is 2. The molecule has 2 N–H and O–H groups in total. The molecule has 0 atom stereocenters. The van der Waals surface area contributed by atoms with Crippen LogP contribution >= 0.6 is 11.6 Å². The van der Waals surface area contributed by atoms with E-state index in [9.17, 15) is 32.9 Å². The van der Waals surface area contributed by atoms with Crippen molar-refractivity contribution in [2.45, 2.75) is 0 Å². The van der Waals surface area contributed by atoms with Crippen LogP contribution in [-0.4, -0.2) is 16.7 Å². The summed E-state index contributed by atoms with van der Waals surface area (Å²) >= 11 is 5.89. The number of nitro groups is 1. The normalized spacial score (nSPS) is 11.1. The number of non-ortho nitro benzene ring substituents is 1. The van der Waals surface area contributed by atoms with E-state index in [2.05, 4.69) is 10.6 Å². The van der Waals surface area contributed by atoms with E-state index >= 15 is 0 Å². The second-order valence-corrected chi connectivity index (χ2v) is 6.97. The molecule has 0 aromatic heterocycles. The van der Waals surface area contributed by atoms with E-state index in [4.69, 9.17) is 11.6 Å². The lowest BCUT2D eigenvalue weighted by molar-refractivity contribution is -0.384. The molecule has 168 valence electrons. The minimum absolute atomic E-state index is 0.163. The summed E-state index contributed by atoms with van der Waals surface area (Å²) in [7, 11) is 0. The fourth-order valence-corrected chi connectivity index (χ4v) is 2.95. The van der Waals surface area contributed by atoms with Crippen LogP contribution in [0.4, 0.5) is 24.5 Å². The topological polar surface area (TPSA) is 101 Å². The lowest BCUT2D eigenvalue weighted by Crippen LogP contribution is -2.31. The van der Waals surface area contributed by atoms with Crippen molar-refractivity contribution in [1.82, 2.24) is 5.32 Å². The molecule has 0 bridgehead atoms. The zero-order valence-electron chi connectivity index (χ0n) is 16.4. The molecule has 7 nitrogen and oxygen atoms in total.